The number of carboxylic acids is 1. The van der Waals surface area contributed by atoms with Crippen molar-refractivity contribution >= 4 is 17.3 Å². The maximum absolute atomic E-state index is 10.8. The predicted octanol–water partition coefficient (Wildman–Crippen LogP) is 1.92. The van der Waals surface area contributed by atoms with Gasteiger partial charge in [0.1, 0.15) is 0 Å². The van der Waals surface area contributed by atoms with Gasteiger partial charge in [0, 0.05) is 24.5 Å². The normalized spacial score (nSPS) is 18.4. The van der Waals surface area contributed by atoms with Crippen LogP contribution in [0.15, 0.2) is 24.3 Å². The molecular weight excluding hydrogens is 256 g/mol. The van der Waals surface area contributed by atoms with Crippen LogP contribution in [0.4, 0.5) is 11.4 Å². The number of aliphatic hydroxyl groups is 1. The van der Waals surface area contributed by atoms with Crippen molar-refractivity contribution in [2.75, 3.05) is 29.9 Å². The number of hydrogen-bond donors (Lipinski definition) is 3. The molecule has 0 aromatic heterocycles. The van der Waals surface area contributed by atoms with Gasteiger partial charge in [-0.05, 0) is 50.5 Å². The summed E-state index contributed by atoms with van der Waals surface area (Å²) < 4.78 is 0. The van der Waals surface area contributed by atoms with E-state index >= 15 is 0 Å². The second-order valence-corrected chi connectivity index (χ2v) is 5.53. The Hall–Kier alpha value is -1.75. The molecule has 2 rings (SSSR count). The lowest BCUT2D eigenvalue weighted by molar-refractivity contribution is -0.155. The minimum absolute atomic E-state index is 0.0224. The lowest BCUT2D eigenvalue weighted by atomic mass is 10.1. The lowest BCUT2D eigenvalue weighted by Gasteiger charge is -2.29. The molecule has 1 saturated heterocycles. The molecule has 0 saturated carbocycles. The fraction of sp³-hybridized carbons (Fsp3) is 0.533. The number of benzene rings is 1. The van der Waals surface area contributed by atoms with Crippen LogP contribution in [0.5, 0.6) is 0 Å². The molecule has 3 N–H and O–H groups in total. The van der Waals surface area contributed by atoms with Gasteiger partial charge >= 0.3 is 5.97 Å². The van der Waals surface area contributed by atoms with Crippen LogP contribution in [0.25, 0.3) is 0 Å². The fourth-order valence-electron chi connectivity index (χ4n) is 2.29. The number of carboxylic acid groups (broad SMARTS) is 1. The summed E-state index contributed by atoms with van der Waals surface area (Å²) in [6, 6.07) is 7.90. The van der Waals surface area contributed by atoms with Crippen LogP contribution in [-0.2, 0) is 4.79 Å². The number of nitrogens with one attached hydrogen (secondary N) is 1. The molecule has 110 valence electrons. The molecule has 20 heavy (non-hydrogen) atoms. The summed E-state index contributed by atoms with van der Waals surface area (Å²) in [5.74, 6) is -1.23. The van der Waals surface area contributed by atoms with Crippen LogP contribution in [0, 0.1) is 0 Å². The molecule has 0 bridgehead atoms. The van der Waals surface area contributed by atoms with Gasteiger partial charge in [0.25, 0.3) is 0 Å². The van der Waals surface area contributed by atoms with Gasteiger partial charge in [-0.1, -0.05) is 0 Å². The molecule has 1 aromatic rings. The van der Waals surface area contributed by atoms with Gasteiger partial charge in [0.15, 0.2) is 5.60 Å². The lowest BCUT2D eigenvalue weighted by Crippen LogP contribution is -2.41. The molecule has 1 unspecified atom stereocenters. The summed E-state index contributed by atoms with van der Waals surface area (Å²) in [4.78, 5) is 13.2. The highest BCUT2D eigenvalue weighted by atomic mass is 16.4. The van der Waals surface area contributed by atoms with Crippen molar-refractivity contribution < 1.29 is 15.0 Å². The molecule has 0 radical (unpaired) electrons. The van der Waals surface area contributed by atoms with E-state index in [4.69, 9.17) is 5.11 Å². The van der Waals surface area contributed by atoms with E-state index in [1.54, 1.807) is 0 Å². The maximum Gasteiger partial charge on any atom is 0.337 e. The topological polar surface area (TPSA) is 72.8 Å². The number of piperidine rings is 1. The van der Waals surface area contributed by atoms with Gasteiger partial charge in [0.05, 0.1) is 6.54 Å². The highest BCUT2D eigenvalue weighted by molar-refractivity contribution is 5.77. The van der Waals surface area contributed by atoms with Crippen LogP contribution in [0.1, 0.15) is 26.2 Å². The van der Waals surface area contributed by atoms with Crippen LogP contribution in [-0.4, -0.2) is 41.4 Å². The Labute approximate surface area is 119 Å². The fourth-order valence-corrected chi connectivity index (χ4v) is 2.29. The first-order valence-corrected chi connectivity index (χ1v) is 7.04. The number of anilines is 2. The molecule has 5 nitrogen and oxygen atoms in total. The molecular formula is C15H22N2O3. The van der Waals surface area contributed by atoms with Crippen molar-refractivity contribution in [1.29, 1.82) is 0 Å². The summed E-state index contributed by atoms with van der Waals surface area (Å²) in [6.07, 6.45) is 3.78. The third-order valence-corrected chi connectivity index (χ3v) is 3.69. The number of rotatable bonds is 5. The largest absolute Gasteiger partial charge is 0.479 e. The maximum atomic E-state index is 10.8. The Morgan fingerprint density at radius 2 is 1.85 bits per heavy atom. The highest BCUT2D eigenvalue weighted by Gasteiger charge is 2.29. The highest BCUT2D eigenvalue weighted by Crippen LogP contribution is 2.22. The summed E-state index contributed by atoms with van der Waals surface area (Å²) in [7, 11) is 0. The molecule has 0 aliphatic carbocycles. The summed E-state index contributed by atoms with van der Waals surface area (Å²) in [6.45, 7) is 3.46. The zero-order valence-corrected chi connectivity index (χ0v) is 11.8. The number of nitrogens with zero attached hydrogens (tertiary/aromatic N) is 1. The van der Waals surface area contributed by atoms with E-state index < -0.39 is 11.6 Å². The molecule has 1 atom stereocenters. The first-order valence-electron chi connectivity index (χ1n) is 7.04. The van der Waals surface area contributed by atoms with Crippen LogP contribution in [0.2, 0.25) is 0 Å². The molecule has 5 heteroatoms. The van der Waals surface area contributed by atoms with Crippen molar-refractivity contribution in [3.63, 3.8) is 0 Å². The number of carbonyl (C=O) groups is 1. The van der Waals surface area contributed by atoms with Crippen molar-refractivity contribution in [2.45, 2.75) is 31.8 Å². The first-order chi connectivity index (χ1) is 9.49. The van der Waals surface area contributed by atoms with Crippen molar-refractivity contribution in [2.24, 2.45) is 0 Å². The van der Waals surface area contributed by atoms with E-state index in [0.717, 1.165) is 18.8 Å². The summed E-state index contributed by atoms with van der Waals surface area (Å²) in [5.41, 5.74) is 0.249. The molecule has 1 aliphatic rings. The Kier molecular flexibility index (Phi) is 4.49. The summed E-state index contributed by atoms with van der Waals surface area (Å²) >= 11 is 0. The summed E-state index contributed by atoms with van der Waals surface area (Å²) in [5, 5.41) is 21.4. The Morgan fingerprint density at radius 1 is 1.25 bits per heavy atom. The average molecular weight is 278 g/mol. The average Bonchev–Trinajstić information content (AvgIpc) is 2.46. The third-order valence-electron chi connectivity index (χ3n) is 3.69. The molecule has 1 aromatic carbocycles. The molecule has 1 fully saturated rings. The molecule has 0 amide bonds. The van der Waals surface area contributed by atoms with E-state index in [2.05, 4.69) is 10.2 Å². The standard InChI is InChI=1S/C15H22N2O3/c1-15(20,14(18)19)11-16-12-5-7-13(8-6-12)17-9-3-2-4-10-17/h5-8,16,20H,2-4,9-11H2,1H3,(H,18,19). The van der Waals surface area contributed by atoms with Gasteiger partial charge in [-0.15, -0.1) is 0 Å². The van der Waals surface area contributed by atoms with E-state index in [1.165, 1.54) is 31.9 Å². The zero-order chi connectivity index (χ0) is 14.6. The van der Waals surface area contributed by atoms with E-state index in [1.807, 2.05) is 24.3 Å². The number of hydrogen-bond acceptors (Lipinski definition) is 4. The SMILES string of the molecule is CC(O)(CNc1ccc(N2CCCCC2)cc1)C(=O)O. The van der Waals surface area contributed by atoms with Gasteiger partial charge in [-0.25, -0.2) is 4.79 Å². The van der Waals surface area contributed by atoms with Gasteiger partial charge in [-0.2, -0.15) is 0 Å². The van der Waals surface area contributed by atoms with E-state index in [9.17, 15) is 9.90 Å². The quantitative estimate of drug-likeness (QED) is 0.767. The second-order valence-electron chi connectivity index (χ2n) is 5.53. The molecule has 1 heterocycles. The Morgan fingerprint density at radius 3 is 2.40 bits per heavy atom. The Balaban J connectivity index is 1.93. The molecule has 1 aliphatic heterocycles. The monoisotopic (exact) mass is 278 g/mol. The zero-order valence-electron chi connectivity index (χ0n) is 11.8. The van der Waals surface area contributed by atoms with Gasteiger partial charge in [-0.3, -0.25) is 0 Å². The van der Waals surface area contributed by atoms with Crippen LogP contribution in [0.3, 0.4) is 0 Å². The van der Waals surface area contributed by atoms with Crippen LogP contribution >= 0.6 is 0 Å². The van der Waals surface area contributed by atoms with E-state index in [0.29, 0.717) is 0 Å². The van der Waals surface area contributed by atoms with Gasteiger partial charge < -0.3 is 20.4 Å². The van der Waals surface area contributed by atoms with Crippen molar-refractivity contribution in [3.8, 4) is 0 Å². The number of aliphatic carboxylic acids is 1. The van der Waals surface area contributed by atoms with E-state index in [-0.39, 0.29) is 6.54 Å². The van der Waals surface area contributed by atoms with Crippen LogP contribution < -0.4 is 10.2 Å². The Bertz CT molecular complexity index is 451. The van der Waals surface area contributed by atoms with Gasteiger partial charge in [0.2, 0.25) is 0 Å². The first kappa shape index (κ1) is 14.7. The minimum Gasteiger partial charge on any atom is -0.479 e. The predicted molar refractivity (Wildman–Crippen MR) is 79.3 cm³/mol. The van der Waals surface area contributed by atoms with Crippen molar-refractivity contribution in [1.82, 2.24) is 0 Å². The second kappa shape index (κ2) is 6.13. The third kappa shape index (κ3) is 3.63. The smallest absolute Gasteiger partial charge is 0.337 e. The molecule has 0 spiro atoms. The van der Waals surface area contributed by atoms with Crippen molar-refractivity contribution in [3.05, 3.63) is 24.3 Å². The minimum atomic E-state index is -1.76.